The standard InChI is InChI=1S/C33H29F4N5O3/c1-5-41-30-26(27(19(2)31(44)40(3)4)39-42(30)24-12-7-6-8-13-24)25(20-14-16-23(34)17-15-20)28(32(41)45)38-29(43)21-10-9-11-22(18-21)33(35,36)37/h6-18,25,28H,2,5H2,1,3-4H3,(H,38,43)/t25-,28-/m0/s1. The van der Waals surface area contributed by atoms with Gasteiger partial charge in [-0.3, -0.25) is 19.3 Å². The number of aromatic nitrogens is 2. The molecule has 0 fully saturated rings. The second kappa shape index (κ2) is 12.0. The molecule has 1 aliphatic rings. The number of nitrogens with one attached hydrogen (secondary N) is 1. The zero-order valence-corrected chi connectivity index (χ0v) is 24.6. The molecule has 3 amide bonds. The minimum absolute atomic E-state index is 0.00593. The number of carbonyl (C=O) groups excluding carboxylic acids is 3. The fourth-order valence-corrected chi connectivity index (χ4v) is 5.43. The van der Waals surface area contributed by atoms with Crippen molar-refractivity contribution in [1.82, 2.24) is 20.0 Å². The molecular formula is C33H29F4N5O3. The molecule has 0 spiro atoms. The van der Waals surface area contributed by atoms with Crippen LogP contribution in [-0.4, -0.2) is 59.1 Å². The number of hydrogen-bond acceptors (Lipinski definition) is 4. The van der Waals surface area contributed by atoms with Crippen LogP contribution in [0.3, 0.4) is 0 Å². The molecule has 0 unspecified atom stereocenters. The molecule has 1 N–H and O–H groups in total. The Hall–Kier alpha value is -5.26. The maximum atomic E-state index is 14.3. The van der Waals surface area contributed by atoms with Gasteiger partial charge >= 0.3 is 6.18 Å². The topological polar surface area (TPSA) is 87.5 Å². The molecule has 0 bridgehead atoms. The summed E-state index contributed by atoms with van der Waals surface area (Å²) in [4.78, 5) is 43.7. The SMILES string of the molecule is C=C(C(=O)N(C)C)c1nn(-c2ccccc2)c2c1[C@H](c1ccc(F)cc1)[C@H](NC(=O)c1cccc(C(F)(F)F)c1)C(=O)N2CC. The van der Waals surface area contributed by atoms with Crippen LogP contribution in [0.2, 0.25) is 0 Å². The van der Waals surface area contributed by atoms with Crippen molar-refractivity contribution in [3.63, 3.8) is 0 Å². The van der Waals surface area contributed by atoms with Crippen LogP contribution in [0.15, 0.2) is 85.4 Å². The van der Waals surface area contributed by atoms with Crippen molar-refractivity contribution >= 4 is 29.1 Å². The second-order valence-electron chi connectivity index (χ2n) is 10.7. The zero-order valence-electron chi connectivity index (χ0n) is 24.6. The fraction of sp³-hybridized carbons (Fsp3) is 0.212. The van der Waals surface area contributed by atoms with Gasteiger partial charge in [-0.25, -0.2) is 9.07 Å². The summed E-state index contributed by atoms with van der Waals surface area (Å²) < 4.78 is 56.0. The molecule has 0 aliphatic carbocycles. The van der Waals surface area contributed by atoms with Crippen molar-refractivity contribution in [1.29, 1.82) is 0 Å². The van der Waals surface area contributed by atoms with E-state index in [0.717, 1.165) is 12.1 Å². The minimum Gasteiger partial charge on any atom is -0.345 e. The van der Waals surface area contributed by atoms with Gasteiger partial charge in [0, 0.05) is 37.7 Å². The molecule has 4 aromatic rings. The summed E-state index contributed by atoms with van der Waals surface area (Å²) in [6.45, 7) is 5.85. The third-order valence-electron chi connectivity index (χ3n) is 7.56. The Kier molecular flexibility index (Phi) is 8.33. The molecular weight excluding hydrogens is 590 g/mol. The van der Waals surface area contributed by atoms with Gasteiger partial charge in [0.1, 0.15) is 23.4 Å². The molecule has 0 radical (unpaired) electrons. The Labute approximate surface area is 256 Å². The molecule has 232 valence electrons. The first kappa shape index (κ1) is 31.2. The van der Waals surface area contributed by atoms with Gasteiger partial charge in [0.05, 0.1) is 16.8 Å². The highest BCUT2D eigenvalue weighted by molar-refractivity contribution is 6.19. The number of benzene rings is 3. The molecule has 3 aromatic carbocycles. The van der Waals surface area contributed by atoms with E-state index in [1.165, 1.54) is 44.8 Å². The van der Waals surface area contributed by atoms with E-state index in [9.17, 15) is 31.9 Å². The average molecular weight is 620 g/mol. The van der Waals surface area contributed by atoms with Gasteiger partial charge in [0.15, 0.2) is 0 Å². The highest BCUT2D eigenvalue weighted by Crippen LogP contribution is 2.45. The number of halogens is 4. The number of fused-ring (bicyclic) bond motifs is 1. The summed E-state index contributed by atoms with van der Waals surface area (Å²) in [7, 11) is 3.09. The lowest BCUT2D eigenvalue weighted by Crippen LogP contribution is -2.55. The fourth-order valence-electron chi connectivity index (χ4n) is 5.43. The number of carbonyl (C=O) groups is 3. The highest BCUT2D eigenvalue weighted by Gasteiger charge is 2.47. The summed E-state index contributed by atoms with van der Waals surface area (Å²) in [6, 6.07) is 16.7. The quantitative estimate of drug-likeness (QED) is 0.221. The highest BCUT2D eigenvalue weighted by atomic mass is 19.4. The Balaban J connectivity index is 1.75. The third kappa shape index (κ3) is 5.83. The number of amides is 3. The van der Waals surface area contributed by atoms with E-state index in [1.54, 1.807) is 51.4 Å². The lowest BCUT2D eigenvalue weighted by atomic mass is 9.80. The molecule has 0 saturated heterocycles. The Morgan fingerprint density at radius 1 is 1.00 bits per heavy atom. The largest absolute Gasteiger partial charge is 0.416 e. The molecule has 0 saturated carbocycles. The van der Waals surface area contributed by atoms with Gasteiger partial charge in [-0.05, 0) is 55.0 Å². The second-order valence-corrected chi connectivity index (χ2v) is 10.7. The number of likely N-dealkylation sites (N-methyl/N-ethyl adjacent to an activating group) is 2. The maximum Gasteiger partial charge on any atom is 0.416 e. The van der Waals surface area contributed by atoms with E-state index in [2.05, 4.69) is 11.9 Å². The number of alkyl halides is 3. The van der Waals surface area contributed by atoms with Crippen molar-refractivity contribution in [3.8, 4) is 5.69 Å². The molecule has 8 nitrogen and oxygen atoms in total. The maximum absolute atomic E-state index is 14.3. The van der Waals surface area contributed by atoms with Crippen LogP contribution >= 0.6 is 0 Å². The van der Waals surface area contributed by atoms with Gasteiger partial charge in [0.2, 0.25) is 0 Å². The van der Waals surface area contributed by atoms with Crippen molar-refractivity contribution in [2.75, 3.05) is 25.5 Å². The lowest BCUT2D eigenvalue weighted by molar-refractivity contribution is -0.137. The summed E-state index contributed by atoms with van der Waals surface area (Å²) in [5, 5.41) is 7.41. The van der Waals surface area contributed by atoms with E-state index >= 15 is 0 Å². The molecule has 45 heavy (non-hydrogen) atoms. The van der Waals surface area contributed by atoms with Crippen LogP contribution < -0.4 is 10.2 Å². The van der Waals surface area contributed by atoms with Gasteiger partial charge in [-0.15, -0.1) is 0 Å². The normalized spacial score (nSPS) is 16.2. The molecule has 1 aromatic heterocycles. The monoisotopic (exact) mass is 619 g/mol. The molecule has 2 atom stereocenters. The Morgan fingerprint density at radius 2 is 1.67 bits per heavy atom. The van der Waals surface area contributed by atoms with Crippen LogP contribution in [0, 0.1) is 5.82 Å². The summed E-state index contributed by atoms with van der Waals surface area (Å²) in [6.07, 6.45) is -4.69. The minimum atomic E-state index is -4.69. The van der Waals surface area contributed by atoms with Gasteiger partial charge < -0.3 is 10.2 Å². The van der Waals surface area contributed by atoms with E-state index in [1.807, 2.05) is 0 Å². The van der Waals surface area contributed by atoms with Crippen LogP contribution in [0.5, 0.6) is 0 Å². The van der Waals surface area contributed by atoms with Gasteiger partial charge in [0.25, 0.3) is 17.7 Å². The first-order valence-corrected chi connectivity index (χ1v) is 14.0. The summed E-state index contributed by atoms with van der Waals surface area (Å²) >= 11 is 0. The first-order valence-electron chi connectivity index (χ1n) is 14.0. The predicted octanol–water partition coefficient (Wildman–Crippen LogP) is 5.43. The summed E-state index contributed by atoms with van der Waals surface area (Å²) in [5.41, 5.74) is 0.147. The van der Waals surface area contributed by atoms with Crippen LogP contribution in [0.1, 0.15) is 45.6 Å². The van der Waals surface area contributed by atoms with Crippen LogP contribution in [0.25, 0.3) is 11.3 Å². The van der Waals surface area contributed by atoms with Gasteiger partial charge in [-0.2, -0.15) is 18.3 Å². The molecule has 1 aliphatic heterocycles. The number of para-hydroxylation sites is 1. The van der Waals surface area contributed by atoms with Gasteiger partial charge in [-0.1, -0.05) is 43.0 Å². The molecule has 5 rings (SSSR count). The molecule has 2 heterocycles. The number of nitrogens with zero attached hydrogens (tertiary/aromatic N) is 4. The van der Waals surface area contributed by atoms with E-state index in [0.29, 0.717) is 28.7 Å². The predicted molar refractivity (Wildman–Crippen MR) is 160 cm³/mol. The van der Waals surface area contributed by atoms with Crippen LogP contribution in [-0.2, 0) is 15.8 Å². The number of hydrogen-bond donors (Lipinski definition) is 1. The van der Waals surface area contributed by atoms with E-state index in [4.69, 9.17) is 5.10 Å². The van der Waals surface area contributed by atoms with Crippen molar-refractivity contribution in [2.24, 2.45) is 0 Å². The number of anilines is 1. The average Bonchev–Trinajstić information content (AvgIpc) is 3.41. The van der Waals surface area contributed by atoms with Crippen LogP contribution in [0.4, 0.5) is 23.4 Å². The smallest absolute Gasteiger partial charge is 0.345 e. The third-order valence-corrected chi connectivity index (χ3v) is 7.56. The Morgan fingerprint density at radius 3 is 2.27 bits per heavy atom. The van der Waals surface area contributed by atoms with Crippen molar-refractivity contribution in [2.45, 2.75) is 25.1 Å². The van der Waals surface area contributed by atoms with E-state index in [-0.39, 0.29) is 23.4 Å². The first-order chi connectivity index (χ1) is 21.3. The zero-order chi connectivity index (χ0) is 32.6. The summed E-state index contributed by atoms with van der Waals surface area (Å²) in [5.74, 6) is -3.23. The van der Waals surface area contributed by atoms with Crippen molar-refractivity contribution < 1.29 is 31.9 Å². The van der Waals surface area contributed by atoms with E-state index < -0.39 is 47.2 Å². The molecule has 12 heteroatoms. The Bertz CT molecular complexity index is 1780. The van der Waals surface area contributed by atoms with Crippen molar-refractivity contribution in [3.05, 3.63) is 119 Å². The number of rotatable bonds is 7. The lowest BCUT2D eigenvalue weighted by Gasteiger charge is -2.38.